The van der Waals surface area contributed by atoms with Crippen LogP contribution >= 0.6 is 11.6 Å². The number of rotatable bonds is 4. The highest BCUT2D eigenvalue weighted by Gasteiger charge is 2.42. The number of carboxylic acids is 1. The quantitative estimate of drug-likeness (QED) is 0.852. The van der Waals surface area contributed by atoms with Crippen LogP contribution < -0.4 is 0 Å². The van der Waals surface area contributed by atoms with Gasteiger partial charge in [-0.25, -0.2) is 8.78 Å². The van der Waals surface area contributed by atoms with Gasteiger partial charge in [-0.05, 0) is 36.8 Å². The molecule has 1 N–H and O–H groups in total. The zero-order valence-electron chi connectivity index (χ0n) is 14.5. The van der Waals surface area contributed by atoms with Crippen LogP contribution in [-0.4, -0.2) is 35.0 Å². The van der Waals surface area contributed by atoms with Gasteiger partial charge in [0.1, 0.15) is 11.6 Å². The van der Waals surface area contributed by atoms with Crippen LogP contribution in [0, 0.1) is 17.6 Å². The molecule has 27 heavy (non-hydrogen) atoms. The molecule has 1 aliphatic heterocycles. The van der Waals surface area contributed by atoms with Gasteiger partial charge < -0.3 is 10.0 Å². The van der Waals surface area contributed by atoms with Crippen LogP contribution in [0.25, 0.3) is 0 Å². The average molecular weight is 394 g/mol. The summed E-state index contributed by atoms with van der Waals surface area (Å²) in [5.41, 5.74) is 0.455. The zero-order valence-corrected chi connectivity index (χ0v) is 15.3. The first kappa shape index (κ1) is 19.3. The van der Waals surface area contributed by atoms with Crippen molar-refractivity contribution >= 4 is 23.5 Å². The van der Waals surface area contributed by atoms with Gasteiger partial charge >= 0.3 is 5.97 Å². The van der Waals surface area contributed by atoms with E-state index in [2.05, 4.69) is 0 Å². The SMILES string of the molecule is CC(C(=O)N1C[C@@H](C(=O)O)[C@H](c2ccc(Cl)cc2)C1)c1c(F)cccc1F. The summed E-state index contributed by atoms with van der Waals surface area (Å²) < 4.78 is 28.0. The Labute approximate surface area is 160 Å². The van der Waals surface area contributed by atoms with Crippen molar-refractivity contribution in [2.45, 2.75) is 18.8 Å². The number of benzene rings is 2. The summed E-state index contributed by atoms with van der Waals surface area (Å²) in [6.07, 6.45) is 0. The van der Waals surface area contributed by atoms with Gasteiger partial charge in [-0.1, -0.05) is 29.8 Å². The minimum absolute atomic E-state index is 0.0120. The molecule has 0 saturated carbocycles. The van der Waals surface area contributed by atoms with E-state index in [1.54, 1.807) is 24.3 Å². The molecule has 1 fully saturated rings. The fraction of sp³-hybridized carbons (Fsp3) is 0.300. The van der Waals surface area contributed by atoms with Crippen molar-refractivity contribution in [1.29, 1.82) is 0 Å². The van der Waals surface area contributed by atoms with Crippen molar-refractivity contribution < 1.29 is 23.5 Å². The zero-order chi connectivity index (χ0) is 19.7. The van der Waals surface area contributed by atoms with E-state index in [1.165, 1.54) is 17.9 Å². The number of carbonyl (C=O) groups excluding carboxylic acids is 1. The van der Waals surface area contributed by atoms with E-state index in [9.17, 15) is 23.5 Å². The van der Waals surface area contributed by atoms with E-state index in [0.717, 1.165) is 17.7 Å². The molecule has 1 saturated heterocycles. The number of amides is 1. The third-order valence-electron chi connectivity index (χ3n) is 5.05. The largest absolute Gasteiger partial charge is 0.481 e. The van der Waals surface area contributed by atoms with E-state index in [-0.39, 0.29) is 18.7 Å². The molecule has 2 aromatic carbocycles. The molecule has 3 rings (SSSR count). The van der Waals surface area contributed by atoms with E-state index in [1.807, 2.05) is 0 Å². The molecule has 0 spiro atoms. The van der Waals surface area contributed by atoms with Gasteiger partial charge in [0.15, 0.2) is 0 Å². The minimum Gasteiger partial charge on any atom is -0.481 e. The lowest BCUT2D eigenvalue weighted by Crippen LogP contribution is -2.33. The number of carbonyl (C=O) groups is 2. The summed E-state index contributed by atoms with van der Waals surface area (Å²) in [6, 6.07) is 10.2. The van der Waals surface area contributed by atoms with E-state index in [4.69, 9.17) is 11.6 Å². The minimum atomic E-state index is -1.05. The number of aliphatic carboxylic acids is 1. The average Bonchev–Trinajstić information content (AvgIpc) is 3.07. The summed E-state index contributed by atoms with van der Waals surface area (Å²) in [5, 5.41) is 10.1. The molecule has 2 aromatic rings. The predicted molar refractivity (Wildman–Crippen MR) is 96.7 cm³/mol. The third-order valence-corrected chi connectivity index (χ3v) is 5.30. The molecule has 4 nitrogen and oxygen atoms in total. The lowest BCUT2D eigenvalue weighted by Gasteiger charge is -2.22. The fourth-order valence-electron chi connectivity index (χ4n) is 3.60. The Hall–Kier alpha value is -2.47. The smallest absolute Gasteiger partial charge is 0.308 e. The normalized spacial score (nSPS) is 20.5. The summed E-state index contributed by atoms with van der Waals surface area (Å²) in [7, 11) is 0. The van der Waals surface area contributed by atoms with Crippen molar-refractivity contribution in [3.8, 4) is 0 Å². The standard InChI is InChI=1S/C20H18ClF2NO3/c1-11(18-16(22)3-2-4-17(18)23)19(25)24-9-14(15(10-24)20(26)27)12-5-7-13(21)8-6-12/h2-8,11,14-15H,9-10H2,1H3,(H,26,27)/t11?,14-,15+/m0/s1. The number of likely N-dealkylation sites (tertiary alicyclic amines) is 1. The molecule has 0 bridgehead atoms. The summed E-state index contributed by atoms with van der Waals surface area (Å²) in [5.74, 6) is -5.37. The first-order valence-electron chi connectivity index (χ1n) is 8.50. The maximum absolute atomic E-state index is 14.0. The maximum Gasteiger partial charge on any atom is 0.308 e. The molecule has 142 valence electrons. The lowest BCUT2D eigenvalue weighted by atomic mass is 9.89. The van der Waals surface area contributed by atoms with E-state index < -0.39 is 41.3 Å². The summed E-state index contributed by atoms with van der Waals surface area (Å²) in [4.78, 5) is 25.9. The van der Waals surface area contributed by atoms with Gasteiger partial charge in [0.05, 0.1) is 11.8 Å². The number of hydrogen-bond acceptors (Lipinski definition) is 2. The molecular weight excluding hydrogens is 376 g/mol. The first-order valence-corrected chi connectivity index (χ1v) is 8.88. The highest BCUT2D eigenvalue weighted by molar-refractivity contribution is 6.30. The molecule has 1 unspecified atom stereocenters. The van der Waals surface area contributed by atoms with Gasteiger partial charge in [0.25, 0.3) is 0 Å². The molecule has 0 aromatic heterocycles. The molecular formula is C20H18ClF2NO3. The van der Waals surface area contributed by atoms with E-state index >= 15 is 0 Å². The lowest BCUT2D eigenvalue weighted by molar-refractivity contribution is -0.142. The van der Waals surface area contributed by atoms with Crippen molar-refractivity contribution in [2.24, 2.45) is 5.92 Å². The highest BCUT2D eigenvalue weighted by atomic mass is 35.5. The Morgan fingerprint density at radius 1 is 1.11 bits per heavy atom. The fourth-order valence-corrected chi connectivity index (χ4v) is 3.73. The molecule has 3 atom stereocenters. The van der Waals surface area contributed by atoms with Crippen LogP contribution in [0.5, 0.6) is 0 Å². The van der Waals surface area contributed by atoms with Gasteiger partial charge in [0, 0.05) is 29.6 Å². The molecule has 1 amide bonds. The summed E-state index contributed by atoms with van der Waals surface area (Å²) in [6.45, 7) is 1.58. The number of nitrogens with zero attached hydrogens (tertiary/aromatic N) is 1. The number of hydrogen-bond donors (Lipinski definition) is 1. The van der Waals surface area contributed by atoms with Crippen LogP contribution in [0.2, 0.25) is 5.02 Å². The number of carboxylic acid groups (broad SMARTS) is 1. The topological polar surface area (TPSA) is 57.6 Å². The predicted octanol–water partition coefficient (Wildman–Crippen LogP) is 4.05. The molecule has 1 aliphatic rings. The van der Waals surface area contributed by atoms with Crippen molar-refractivity contribution in [2.75, 3.05) is 13.1 Å². The second-order valence-corrected chi connectivity index (χ2v) is 7.14. The van der Waals surface area contributed by atoms with Crippen molar-refractivity contribution in [3.05, 3.63) is 70.2 Å². The Balaban J connectivity index is 1.86. The summed E-state index contributed by atoms with van der Waals surface area (Å²) >= 11 is 5.88. The molecule has 1 heterocycles. The van der Waals surface area contributed by atoms with Gasteiger partial charge in [-0.15, -0.1) is 0 Å². The monoisotopic (exact) mass is 393 g/mol. The Morgan fingerprint density at radius 3 is 2.26 bits per heavy atom. The maximum atomic E-state index is 14.0. The molecule has 0 aliphatic carbocycles. The van der Waals surface area contributed by atoms with Crippen LogP contribution in [0.4, 0.5) is 8.78 Å². The van der Waals surface area contributed by atoms with Crippen molar-refractivity contribution in [3.63, 3.8) is 0 Å². The Bertz CT molecular complexity index is 852. The number of halogens is 3. The van der Waals surface area contributed by atoms with Crippen LogP contribution in [-0.2, 0) is 9.59 Å². The second kappa shape index (κ2) is 7.64. The first-order chi connectivity index (χ1) is 12.8. The van der Waals surface area contributed by atoms with Crippen LogP contribution in [0.15, 0.2) is 42.5 Å². The Kier molecular flexibility index (Phi) is 5.46. The molecule has 7 heteroatoms. The third kappa shape index (κ3) is 3.81. The second-order valence-electron chi connectivity index (χ2n) is 6.70. The highest BCUT2D eigenvalue weighted by Crippen LogP contribution is 2.35. The van der Waals surface area contributed by atoms with Gasteiger partial charge in [-0.2, -0.15) is 0 Å². The van der Waals surface area contributed by atoms with Gasteiger partial charge in [0.2, 0.25) is 5.91 Å². The van der Waals surface area contributed by atoms with Crippen LogP contribution in [0.3, 0.4) is 0 Å². The molecule has 0 radical (unpaired) electrons. The van der Waals surface area contributed by atoms with Gasteiger partial charge in [-0.3, -0.25) is 9.59 Å². The van der Waals surface area contributed by atoms with Crippen molar-refractivity contribution in [1.82, 2.24) is 4.90 Å². The van der Waals surface area contributed by atoms with Crippen LogP contribution in [0.1, 0.15) is 29.9 Å². The van der Waals surface area contributed by atoms with E-state index in [0.29, 0.717) is 5.02 Å². The Morgan fingerprint density at radius 2 is 1.70 bits per heavy atom.